The molecule has 0 unspecified atom stereocenters. The van der Waals surface area contributed by atoms with Gasteiger partial charge in [-0.1, -0.05) is 29.1 Å². The van der Waals surface area contributed by atoms with E-state index in [0.29, 0.717) is 28.4 Å². The Morgan fingerprint density at radius 1 is 1.18 bits per heavy atom. The molecule has 0 aliphatic rings. The number of nitrogens with one attached hydrogen (secondary N) is 1. The number of benzene rings is 1. The molecule has 0 radical (unpaired) electrons. The van der Waals surface area contributed by atoms with Crippen LogP contribution in [0.25, 0.3) is 5.69 Å². The first-order valence-electron chi connectivity index (χ1n) is 8.82. The van der Waals surface area contributed by atoms with Crippen molar-refractivity contribution in [2.75, 3.05) is 11.9 Å². The fourth-order valence-corrected chi connectivity index (χ4v) is 3.37. The third kappa shape index (κ3) is 4.09. The van der Waals surface area contributed by atoms with E-state index in [1.165, 1.54) is 0 Å². The van der Waals surface area contributed by atoms with Gasteiger partial charge in [0.15, 0.2) is 11.5 Å². The smallest absolute Gasteiger partial charge is 0.352 e. The normalized spacial score (nSPS) is 10.7. The second kappa shape index (κ2) is 8.30. The predicted molar refractivity (Wildman–Crippen MR) is 106 cm³/mol. The minimum atomic E-state index is -0.592. The second-order valence-corrected chi connectivity index (χ2v) is 7.07. The molecule has 2 heterocycles. The molecule has 0 bridgehead atoms. The van der Waals surface area contributed by atoms with E-state index in [2.05, 4.69) is 20.0 Å². The number of amides is 1. The van der Waals surface area contributed by atoms with Gasteiger partial charge in [0.25, 0.3) is 5.91 Å². The molecule has 1 aromatic carbocycles. The first-order valence-corrected chi connectivity index (χ1v) is 9.59. The highest BCUT2D eigenvalue weighted by Gasteiger charge is 2.19. The molecule has 0 aliphatic heterocycles. The van der Waals surface area contributed by atoms with Crippen molar-refractivity contribution >= 4 is 29.1 Å². The fourth-order valence-electron chi connectivity index (χ4n) is 2.73. The molecule has 3 aromatic rings. The van der Waals surface area contributed by atoms with Crippen molar-refractivity contribution < 1.29 is 14.3 Å². The quantitative estimate of drug-likeness (QED) is 0.640. The third-order valence-corrected chi connectivity index (χ3v) is 4.99. The van der Waals surface area contributed by atoms with Crippen LogP contribution in [0.1, 0.15) is 39.2 Å². The lowest BCUT2D eigenvalue weighted by Gasteiger charge is -2.08. The highest BCUT2D eigenvalue weighted by Crippen LogP contribution is 2.23. The summed E-state index contributed by atoms with van der Waals surface area (Å²) in [6, 6.07) is 7.94. The number of aryl methyl sites for hydroxylation is 3. The average molecular weight is 399 g/mol. The third-order valence-electron chi connectivity index (χ3n) is 4.24. The molecule has 0 atom stereocenters. The number of esters is 1. The van der Waals surface area contributed by atoms with Gasteiger partial charge in [-0.05, 0) is 50.9 Å². The average Bonchev–Trinajstić information content (AvgIpc) is 3.27. The number of rotatable bonds is 6. The molecule has 0 saturated carbocycles. The zero-order valence-electron chi connectivity index (χ0n) is 16.1. The number of anilines is 1. The van der Waals surface area contributed by atoms with Crippen molar-refractivity contribution in [3.8, 4) is 5.69 Å². The van der Waals surface area contributed by atoms with Crippen LogP contribution in [0.4, 0.5) is 5.69 Å². The first-order chi connectivity index (χ1) is 13.4. The minimum absolute atomic E-state index is 0.329. The van der Waals surface area contributed by atoms with Crippen LogP contribution in [0, 0.1) is 20.8 Å². The van der Waals surface area contributed by atoms with Crippen molar-refractivity contribution in [2.24, 2.45) is 0 Å². The van der Waals surface area contributed by atoms with E-state index in [1.807, 2.05) is 52.0 Å². The van der Waals surface area contributed by atoms with Crippen molar-refractivity contribution in [1.82, 2.24) is 19.4 Å². The van der Waals surface area contributed by atoms with E-state index >= 15 is 0 Å². The molecule has 0 saturated heterocycles. The molecule has 0 spiro atoms. The Kier molecular flexibility index (Phi) is 5.84. The Balaban J connectivity index is 1.67. The molecule has 146 valence electrons. The van der Waals surface area contributed by atoms with Crippen LogP contribution in [0.15, 0.2) is 24.3 Å². The van der Waals surface area contributed by atoms with Gasteiger partial charge in [0, 0.05) is 0 Å². The summed E-state index contributed by atoms with van der Waals surface area (Å²) in [5.41, 5.74) is 4.71. The Labute approximate surface area is 166 Å². The zero-order chi connectivity index (χ0) is 20.3. The molecule has 0 aliphatic carbocycles. The second-order valence-electron chi connectivity index (χ2n) is 6.32. The van der Waals surface area contributed by atoms with Gasteiger partial charge in [0.05, 0.1) is 28.5 Å². The lowest BCUT2D eigenvalue weighted by atomic mass is 10.2. The van der Waals surface area contributed by atoms with E-state index in [0.717, 1.165) is 28.5 Å². The fraction of sp³-hybridized carbons (Fsp3) is 0.316. The first kappa shape index (κ1) is 19.7. The van der Waals surface area contributed by atoms with Crippen LogP contribution in [-0.4, -0.2) is 37.9 Å². The summed E-state index contributed by atoms with van der Waals surface area (Å²) in [5, 5.41) is 11.1. The van der Waals surface area contributed by atoms with Crippen LogP contribution in [-0.2, 0) is 16.0 Å². The number of carbonyl (C=O) groups is 2. The monoisotopic (exact) mass is 399 g/mol. The van der Waals surface area contributed by atoms with Gasteiger partial charge in [-0.15, -0.1) is 5.10 Å². The summed E-state index contributed by atoms with van der Waals surface area (Å²) >= 11 is 0.964. The summed E-state index contributed by atoms with van der Waals surface area (Å²) in [6.07, 6.45) is 0.573. The summed E-state index contributed by atoms with van der Waals surface area (Å²) in [4.78, 5) is 24.7. The number of ether oxygens (including phenoxy) is 1. The Morgan fingerprint density at radius 2 is 1.89 bits per heavy atom. The van der Waals surface area contributed by atoms with E-state index in [1.54, 1.807) is 4.68 Å². The van der Waals surface area contributed by atoms with Crippen molar-refractivity contribution in [3.05, 3.63) is 51.8 Å². The van der Waals surface area contributed by atoms with Gasteiger partial charge in [-0.25, -0.2) is 9.48 Å². The summed E-state index contributed by atoms with van der Waals surface area (Å²) in [7, 11) is 0. The number of carbonyl (C=O) groups excluding carboxylic acids is 2. The SMILES string of the molecule is CCc1nnsc1C(=O)OCC(=O)Nc1c(C)nn(-c2ccc(C)cc2)c1C. The molecule has 9 heteroatoms. The maximum absolute atomic E-state index is 12.3. The highest BCUT2D eigenvalue weighted by atomic mass is 32.1. The topological polar surface area (TPSA) is 99.0 Å². The molecule has 1 amide bonds. The maximum Gasteiger partial charge on any atom is 0.352 e. The molecular formula is C19H21N5O3S. The molecule has 8 nitrogen and oxygen atoms in total. The summed E-state index contributed by atoms with van der Waals surface area (Å²) < 4.78 is 10.6. The standard InChI is InChI=1S/C19H21N5O3S/c1-5-15-18(28-23-21-15)19(26)27-10-16(25)20-17-12(3)22-24(13(17)4)14-8-6-11(2)7-9-14/h6-9H,5,10H2,1-4H3,(H,20,25). The van der Waals surface area contributed by atoms with E-state index in [9.17, 15) is 9.59 Å². The van der Waals surface area contributed by atoms with Gasteiger partial charge in [-0.2, -0.15) is 5.10 Å². The largest absolute Gasteiger partial charge is 0.451 e. The number of hydrogen-bond donors (Lipinski definition) is 1. The molecule has 28 heavy (non-hydrogen) atoms. The Morgan fingerprint density at radius 3 is 2.57 bits per heavy atom. The van der Waals surface area contributed by atoms with Crippen LogP contribution in [0.5, 0.6) is 0 Å². The summed E-state index contributed by atoms with van der Waals surface area (Å²) in [6.45, 7) is 7.18. The molecule has 2 aromatic heterocycles. The molecule has 0 fully saturated rings. The van der Waals surface area contributed by atoms with E-state index < -0.39 is 18.5 Å². The lowest BCUT2D eigenvalue weighted by molar-refractivity contribution is -0.119. The molecular weight excluding hydrogens is 378 g/mol. The van der Waals surface area contributed by atoms with Crippen molar-refractivity contribution in [2.45, 2.75) is 34.1 Å². The van der Waals surface area contributed by atoms with Gasteiger partial charge < -0.3 is 10.1 Å². The Hall–Kier alpha value is -3.07. The Bertz CT molecular complexity index is 1010. The van der Waals surface area contributed by atoms with Crippen molar-refractivity contribution in [1.29, 1.82) is 0 Å². The molecule has 1 N–H and O–H groups in total. The zero-order valence-corrected chi connectivity index (χ0v) is 17.0. The van der Waals surface area contributed by atoms with Crippen molar-refractivity contribution in [3.63, 3.8) is 0 Å². The van der Waals surface area contributed by atoms with Crippen LogP contribution < -0.4 is 5.32 Å². The molecule has 3 rings (SSSR count). The summed E-state index contributed by atoms with van der Waals surface area (Å²) in [5.74, 6) is -1.02. The predicted octanol–water partition coefficient (Wildman–Crippen LogP) is 3.01. The van der Waals surface area contributed by atoms with Crippen LogP contribution >= 0.6 is 11.5 Å². The van der Waals surface area contributed by atoms with Crippen LogP contribution in [0.3, 0.4) is 0 Å². The highest BCUT2D eigenvalue weighted by molar-refractivity contribution is 7.07. The number of nitrogens with zero attached hydrogens (tertiary/aromatic N) is 4. The van der Waals surface area contributed by atoms with Gasteiger partial charge in [0.1, 0.15) is 0 Å². The van der Waals surface area contributed by atoms with Gasteiger partial charge >= 0.3 is 5.97 Å². The lowest BCUT2D eigenvalue weighted by Crippen LogP contribution is -2.21. The van der Waals surface area contributed by atoms with E-state index in [4.69, 9.17) is 4.74 Å². The van der Waals surface area contributed by atoms with Gasteiger partial charge in [0.2, 0.25) is 0 Å². The van der Waals surface area contributed by atoms with Crippen LogP contribution in [0.2, 0.25) is 0 Å². The van der Waals surface area contributed by atoms with E-state index in [-0.39, 0.29) is 0 Å². The number of hydrogen-bond acceptors (Lipinski definition) is 7. The van der Waals surface area contributed by atoms with Gasteiger partial charge in [-0.3, -0.25) is 4.79 Å². The maximum atomic E-state index is 12.3. The number of aromatic nitrogens is 4. The minimum Gasteiger partial charge on any atom is -0.451 e.